The molecule has 2 aromatic rings. The normalized spacial score (nSPS) is 14.2. The van der Waals surface area contributed by atoms with Crippen LogP contribution >= 0.6 is 0 Å². The van der Waals surface area contributed by atoms with Gasteiger partial charge in [0, 0.05) is 28.4 Å². The van der Waals surface area contributed by atoms with Crippen molar-refractivity contribution in [2.24, 2.45) is 0 Å². The Balaban J connectivity index is 2.42. The molecule has 5 heteroatoms. The Morgan fingerprint density at radius 2 is 1.50 bits per heavy atom. The molecule has 0 spiro atoms. The molecule has 0 unspecified atom stereocenters. The minimum absolute atomic E-state index is 0.187. The first-order chi connectivity index (χ1) is 13.2. The number of fused-ring (bicyclic) bond motifs is 1. The first kappa shape index (κ1) is 20.6. The van der Waals surface area contributed by atoms with E-state index in [2.05, 4.69) is 64.1 Å². The Kier molecular flexibility index (Phi) is 5.66. The van der Waals surface area contributed by atoms with E-state index in [-0.39, 0.29) is 10.6 Å². The van der Waals surface area contributed by atoms with Crippen LogP contribution in [0.5, 0.6) is 0 Å². The zero-order valence-corrected chi connectivity index (χ0v) is 18.9. The molecule has 1 heterocycles. The van der Waals surface area contributed by atoms with E-state index in [4.69, 9.17) is 0 Å². The van der Waals surface area contributed by atoms with Crippen molar-refractivity contribution in [1.82, 2.24) is 4.23 Å². The van der Waals surface area contributed by atoms with Crippen molar-refractivity contribution in [3.63, 3.8) is 0 Å². The van der Waals surface area contributed by atoms with E-state index in [1.807, 2.05) is 12.1 Å². The third kappa shape index (κ3) is 3.06. The second-order valence-electron chi connectivity index (χ2n) is 8.82. The van der Waals surface area contributed by atoms with E-state index in [0.717, 1.165) is 24.0 Å². The van der Waals surface area contributed by atoms with Crippen molar-refractivity contribution in [2.45, 2.75) is 71.0 Å². The van der Waals surface area contributed by atoms with Gasteiger partial charge in [-0.15, -0.1) is 0 Å². The number of hydrogen-bond donors (Lipinski definition) is 0. The van der Waals surface area contributed by atoms with Gasteiger partial charge >= 0.3 is 0 Å². The van der Waals surface area contributed by atoms with E-state index in [9.17, 15) is 10.1 Å². The molecular formula is C23H32N2O2Si. The third-order valence-electron chi connectivity index (χ3n) is 6.52. The molecule has 28 heavy (non-hydrogen) atoms. The number of para-hydroxylation sites is 1. The second kappa shape index (κ2) is 7.70. The highest BCUT2D eigenvalue weighted by Crippen LogP contribution is 2.42. The number of nitro benzene ring substituents is 1. The molecule has 0 saturated heterocycles. The van der Waals surface area contributed by atoms with Gasteiger partial charge in [0.1, 0.15) is 0 Å². The van der Waals surface area contributed by atoms with Gasteiger partial charge in [0.05, 0.1) is 10.5 Å². The summed E-state index contributed by atoms with van der Waals surface area (Å²) in [5.74, 6) is 0. The Labute approximate surface area is 168 Å². The summed E-state index contributed by atoms with van der Waals surface area (Å²) in [6, 6.07) is 7.15. The van der Waals surface area contributed by atoms with Crippen molar-refractivity contribution < 1.29 is 4.92 Å². The van der Waals surface area contributed by atoms with Crippen molar-refractivity contribution in [3.8, 4) is 11.1 Å². The first-order valence-corrected chi connectivity index (χ1v) is 12.6. The lowest BCUT2D eigenvalue weighted by Crippen LogP contribution is -2.57. The van der Waals surface area contributed by atoms with E-state index < -0.39 is 8.24 Å². The van der Waals surface area contributed by atoms with Crippen LogP contribution in [0.1, 0.15) is 54.4 Å². The lowest BCUT2D eigenvalue weighted by molar-refractivity contribution is -0.384. The van der Waals surface area contributed by atoms with E-state index in [0.29, 0.717) is 16.6 Å². The molecule has 1 aromatic carbocycles. The Hall–Kier alpha value is -2.14. The van der Waals surface area contributed by atoms with Crippen molar-refractivity contribution >= 4 is 26.1 Å². The minimum Gasteiger partial charge on any atom is -0.373 e. The van der Waals surface area contributed by atoms with Crippen LogP contribution in [0.25, 0.3) is 23.3 Å². The van der Waals surface area contributed by atoms with Crippen LogP contribution in [0.15, 0.2) is 30.5 Å². The molecule has 4 nitrogen and oxygen atoms in total. The molecule has 1 aromatic heterocycles. The number of rotatable bonds is 6. The molecule has 3 rings (SSSR count). The maximum atomic E-state index is 11.7. The van der Waals surface area contributed by atoms with E-state index in [1.165, 1.54) is 10.6 Å². The molecular weight excluding hydrogens is 364 g/mol. The molecule has 1 aliphatic carbocycles. The zero-order chi connectivity index (χ0) is 20.6. The molecule has 1 aliphatic rings. The topological polar surface area (TPSA) is 48.1 Å². The summed E-state index contributed by atoms with van der Waals surface area (Å²) < 4.78 is 2.59. The third-order valence-corrected chi connectivity index (χ3v) is 13.3. The lowest BCUT2D eigenvalue weighted by Gasteiger charge is -2.44. The summed E-state index contributed by atoms with van der Waals surface area (Å²) in [5, 5.41) is 14.1. The van der Waals surface area contributed by atoms with Gasteiger partial charge in [-0.1, -0.05) is 65.8 Å². The molecule has 0 bridgehead atoms. The van der Waals surface area contributed by atoms with Gasteiger partial charge in [-0.2, -0.15) is 0 Å². The van der Waals surface area contributed by atoms with Gasteiger partial charge in [0.15, 0.2) is 8.24 Å². The highest BCUT2D eigenvalue weighted by Gasteiger charge is 2.46. The number of nitrogens with zero attached hydrogens (tertiary/aromatic N) is 2. The average Bonchev–Trinajstić information content (AvgIpc) is 3.01. The van der Waals surface area contributed by atoms with Gasteiger partial charge in [0.25, 0.3) is 5.69 Å². The SMILES string of the molecule is CC(C)[Si](C(C)C)(C(C)C)n1cc(-c2ccccc2[N+](=O)[O-])c2c1=CCCC=2. The predicted octanol–water partition coefficient (Wildman–Crippen LogP) is 5.44. The van der Waals surface area contributed by atoms with Crippen LogP contribution in [-0.4, -0.2) is 17.4 Å². The maximum Gasteiger partial charge on any atom is 0.277 e. The fourth-order valence-corrected chi connectivity index (χ4v) is 12.3. The summed E-state index contributed by atoms with van der Waals surface area (Å²) in [6.07, 6.45) is 8.90. The summed E-state index contributed by atoms with van der Waals surface area (Å²) in [7, 11) is -1.94. The molecule has 150 valence electrons. The maximum absolute atomic E-state index is 11.7. The van der Waals surface area contributed by atoms with Gasteiger partial charge in [0.2, 0.25) is 0 Å². The number of nitro groups is 1. The van der Waals surface area contributed by atoms with Crippen LogP contribution in [0.2, 0.25) is 16.6 Å². The molecule has 0 aliphatic heterocycles. The molecule has 0 radical (unpaired) electrons. The van der Waals surface area contributed by atoms with Crippen LogP contribution in [-0.2, 0) is 0 Å². The molecule has 0 N–H and O–H groups in total. The van der Waals surface area contributed by atoms with Gasteiger partial charge < -0.3 is 4.23 Å². The number of aromatic nitrogens is 1. The summed E-state index contributed by atoms with van der Waals surface area (Å²) in [6.45, 7) is 14.1. The number of benzene rings is 1. The molecule has 0 saturated carbocycles. The van der Waals surface area contributed by atoms with Gasteiger partial charge in [-0.25, -0.2) is 0 Å². The Bertz CT molecular complexity index is 980. The van der Waals surface area contributed by atoms with Crippen molar-refractivity contribution in [2.75, 3.05) is 0 Å². The van der Waals surface area contributed by atoms with E-state index >= 15 is 0 Å². The van der Waals surface area contributed by atoms with Crippen LogP contribution in [0.4, 0.5) is 5.69 Å². The smallest absolute Gasteiger partial charge is 0.277 e. The highest BCUT2D eigenvalue weighted by atomic mass is 28.3. The highest BCUT2D eigenvalue weighted by molar-refractivity contribution is 6.82. The Morgan fingerprint density at radius 1 is 0.929 bits per heavy atom. The average molecular weight is 397 g/mol. The van der Waals surface area contributed by atoms with E-state index in [1.54, 1.807) is 12.1 Å². The Morgan fingerprint density at radius 3 is 2.07 bits per heavy atom. The molecule has 0 amide bonds. The van der Waals surface area contributed by atoms with Crippen LogP contribution < -0.4 is 10.6 Å². The summed E-state index contributed by atoms with van der Waals surface area (Å²) >= 11 is 0. The monoisotopic (exact) mass is 396 g/mol. The van der Waals surface area contributed by atoms with Gasteiger partial charge in [-0.3, -0.25) is 10.1 Å². The lowest BCUT2D eigenvalue weighted by atomic mass is 10.0. The van der Waals surface area contributed by atoms with Crippen molar-refractivity contribution in [3.05, 3.63) is 51.1 Å². The standard InChI is InChI=1S/C23H32N2O2Si/c1-16(2)28(17(3)4,18(5)6)24-15-21(19-11-7-9-13-22(19)24)20-12-8-10-14-23(20)25(26)27/h8,10-18H,7,9H2,1-6H3. The minimum atomic E-state index is -1.94. The molecule has 0 fully saturated rings. The molecule has 0 atom stereocenters. The van der Waals surface area contributed by atoms with Crippen LogP contribution in [0, 0.1) is 10.1 Å². The zero-order valence-electron chi connectivity index (χ0n) is 17.9. The quantitative estimate of drug-likeness (QED) is 0.371. The van der Waals surface area contributed by atoms with Crippen molar-refractivity contribution in [1.29, 1.82) is 0 Å². The summed E-state index contributed by atoms with van der Waals surface area (Å²) in [5.41, 5.74) is 3.63. The fraction of sp³-hybridized carbons (Fsp3) is 0.478. The number of hydrogen-bond acceptors (Lipinski definition) is 2. The largest absolute Gasteiger partial charge is 0.373 e. The first-order valence-electron chi connectivity index (χ1n) is 10.4. The van der Waals surface area contributed by atoms with Crippen LogP contribution in [0.3, 0.4) is 0 Å². The summed E-state index contributed by atoms with van der Waals surface area (Å²) in [4.78, 5) is 11.4. The fourth-order valence-electron chi connectivity index (χ4n) is 5.64. The van der Waals surface area contributed by atoms with Gasteiger partial charge in [-0.05, 0) is 35.5 Å². The predicted molar refractivity (Wildman–Crippen MR) is 120 cm³/mol. The second-order valence-corrected chi connectivity index (χ2v) is 14.5.